The van der Waals surface area contributed by atoms with Crippen LogP contribution in [0.2, 0.25) is 0 Å². The number of anilines is 1. The quantitative estimate of drug-likeness (QED) is 0.682. The van der Waals surface area contributed by atoms with Crippen molar-refractivity contribution in [3.05, 3.63) is 28.2 Å². The van der Waals surface area contributed by atoms with E-state index < -0.39 is 0 Å². The van der Waals surface area contributed by atoms with Gasteiger partial charge in [-0.25, -0.2) is 0 Å². The fraction of sp³-hybridized carbons (Fsp3) is 0.300. The highest BCUT2D eigenvalue weighted by Crippen LogP contribution is 2.37. The normalized spacial score (nSPS) is 20.7. The Hall–Kier alpha value is -0.830. The molecule has 0 spiro atoms. The van der Waals surface area contributed by atoms with E-state index >= 15 is 0 Å². The Labute approximate surface area is 85.7 Å². The molecule has 0 saturated carbocycles. The van der Waals surface area contributed by atoms with Crippen molar-refractivity contribution in [3.63, 3.8) is 0 Å². The van der Waals surface area contributed by atoms with Gasteiger partial charge in [-0.1, -0.05) is 22.0 Å². The lowest BCUT2D eigenvalue weighted by Crippen LogP contribution is -2.22. The van der Waals surface area contributed by atoms with Crippen LogP contribution in [0.1, 0.15) is 18.4 Å². The highest BCUT2D eigenvalue weighted by atomic mass is 79.9. The lowest BCUT2D eigenvalue weighted by Gasteiger charge is -2.09. The van der Waals surface area contributed by atoms with E-state index in [-0.39, 0.29) is 11.8 Å². The third kappa shape index (κ3) is 1.18. The maximum absolute atomic E-state index is 11.6. The van der Waals surface area contributed by atoms with E-state index in [1.54, 1.807) is 4.90 Å². The van der Waals surface area contributed by atoms with E-state index in [9.17, 15) is 4.79 Å². The molecule has 0 radical (unpaired) electrons. The second-order valence-electron chi connectivity index (χ2n) is 3.32. The van der Waals surface area contributed by atoms with Gasteiger partial charge in [-0.15, -0.1) is 0 Å². The summed E-state index contributed by atoms with van der Waals surface area (Å²) in [6.45, 7) is 1.94. The van der Waals surface area contributed by atoms with Crippen molar-refractivity contribution in [1.29, 1.82) is 0 Å². The Morgan fingerprint density at radius 1 is 1.46 bits per heavy atom. The number of likely N-dealkylation sites (N-methyl/N-ethyl adjacent to an activating group) is 1. The Morgan fingerprint density at radius 3 is 2.85 bits per heavy atom. The average molecular weight is 240 g/mol. The molecule has 2 nitrogen and oxygen atoms in total. The fourth-order valence-corrected chi connectivity index (χ4v) is 2.06. The zero-order valence-corrected chi connectivity index (χ0v) is 9.13. The van der Waals surface area contributed by atoms with Gasteiger partial charge in [0.1, 0.15) is 0 Å². The molecule has 1 aliphatic rings. The predicted octanol–water partition coefficient (Wildman–Crippen LogP) is 2.53. The summed E-state index contributed by atoms with van der Waals surface area (Å²) >= 11 is 3.39. The number of carbonyl (C=O) groups excluding carboxylic acids is 1. The van der Waals surface area contributed by atoms with Crippen molar-refractivity contribution in [2.45, 2.75) is 12.8 Å². The minimum absolute atomic E-state index is 0.00750. The van der Waals surface area contributed by atoms with Gasteiger partial charge >= 0.3 is 0 Å². The minimum atomic E-state index is 0.00750. The number of rotatable bonds is 0. The van der Waals surface area contributed by atoms with Crippen molar-refractivity contribution in [2.24, 2.45) is 0 Å². The molecule has 1 aliphatic heterocycles. The maximum atomic E-state index is 11.6. The lowest BCUT2D eigenvalue weighted by molar-refractivity contribution is -0.118. The van der Waals surface area contributed by atoms with Gasteiger partial charge in [0.25, 0.3) is 0 Å². The van der Waals surface area contributed by atoms with Crippen LogP contribution >= 0.6 is 15.9 Å². The summed E-state index contributed by atoms with van der Waals surface area (Å²) in [7, 11) is 1.82. The molecule has 1 amide bonds. The number of halogens is 1. The Kier molecular flexibility index (Phi) is 1.91. The Bertz CT molecular complexity index is 375. The van der Waals surface area contributed by atoms with Crippen LogP contribution in [0.4, 0.5) is 5.69 Å². The zero-order valence-electron chi connectivity index (χ0n) is 7.54. The Morgan fingerprint density at radius 2 is 2.15 bits per heavy atom. The summed E-state index contributed by atoms with van der Waals surface area (Å²) in [6, 6.07) is 5.96. The van der Waals surface area contributed by atoms with Gasteiger partial charge in [-0.2, -0.15) is 0 Å². The van der Waals surface area contributed by atoms with Crippen molar-refractivity contribution >= 4 is 27.5 Å². The summed E-state index contributed by atoms with van der Waals surface area (Å²) in [5, 5.41) is 0. The molecule has 0 fully saturated rings. The second-order valence-corrected chi connectivity index (χ2v) is 4.24. The number of nitrogens with zero attached hydrogens (tertiary/aromatic N) is 1. The maximum Gasteiger partial charge on any atom is 0.234 e. The summed E-state index contributed by atoms with van der Waals surface area (Å²) in [4.78, 5) is 13.3. The molecule has 0 saturated heterocycles. The molecule has 1 atom stereocenters. The van der Waals surface area contributed by atoms with Gasteiger partial charge in [0.05, 0.1) is 5.92 Å². The van der Waals surface area contributed by atoms with Crippen molar-refractivity contribution in [3.8, 4) is 0 Å². The van der Waals surface area contributed by atoms with Crippen LogP contribution < -0.4 is 4.90 Å². The molecule has 0 unspecified atom stereocenters. The lowest BCUT2D eigenvalue weighted by atomic mass is 10.0. The molecule has 1 aromatic carbocycles. The highest BCUT2D eigenvalue weighted by Gasteiger charge is 2.31. The highest BCUT2D eigenvalue weighted by molar-refractivity contribution is 9.10. The molecule has 3 heteroatoms. The first-order chi connectivity index (χ1) is 6.11. The topological polar surface area (TPSA) is 20.3 Å². The van der Waals surface area contributed by atoms with Gasteiger partial charge in [0, 0.05) is 17.2 Å². The molecule has 1 aromatic rings. The molecular weight excluding hydrogens is 230 g/mol. The predicted molar refractivity (Wildman–Crippen MR) is 56.0 cm³/mol. The van der Waals surface area contributed by atoms with E-state index in [0.717, 1.165) is 15.7 Å². The van der Waals surface area contributed by atoms with Crippen molar-refractivity contribution < 1.29 is 4.79 Å². The van der Waals surface area contributed by atoms with E-state index in [2.05, 4.69) is 15.9 Å². The van der Waals surface area contributed by atoms with Crippen LogP contribution in [0.3, 0.4) is 0 Å². The first-order valence-electron chi connectivity index (χ1n) is 4.18. The molecule has 1 heterocycles. The molecule has 0 bridgehead atoms. The van der Waals surface area contributed by atoms with Gasteiger partial charge in [-0.05, 0) is 24.6 Å². The molecule has 13 heavy (non-hydrogen) atoms. The van der Waals surface area contributed by atoms with Crippen LogP contribution in [-0.2, 0) is 4.79 Å². The van der Waals surface area contributed by atoms with E-state index in [1.807, 2.05) is 32.2 Å². The SMILES string of the molecule is C[C@@H]1C(=O)N(C)c2cc(Br)ccc21. The molecule has 68 valence electrons. The van der Waals surface area contributed by atoms with Crippen LogP contribution in [0.5, 0.6) is 0 Å². The largest absolute Gasteiger partial charge is 0.315 e. The van der Waals surface area contributed by atoms with Crippen molar-refractivity contribution in [2.75, 3.05) is 11.9 Å². The molecule has 0 aliphatic carbocycles. The monoisotopic (exact) mass is 239 g/mol. The first kappa shape index (κ1) is 8.75. The second kappa shape index (κ2) is 2.84. The van der Waals surface area contributed by atoms with Crippen LogP contribution in [-0.4, -0.2) is 13.0 Å². The van der Waals surface area contributed by atoms with Gasteiger partial charge in [0.2, 0.25) is 5.91 Å². The number of carbonyl (C=O) groups is 1. The Balaban J connectivity index is 2.60. The van der Waals surface area contributed by atoms with Crippen LogP contribution in [0.25, 0.3) is 0 Å². The summed E-state index contributed by atoms with van der Waals surface area (Å²) in [6.07, 6.45) is 0. The summed E-state index contributed by atoms with van der Waals surface area (Å²) < 4.78 is 1.01. The van der Waals surface area contributed by atoms with Crippen LogP contribution in [0, 0.1) is 0 Å². The number of amides is 1. The number of fused-ring (bicyclic) bond motifs is 1. The number of hydrogen-bond acceptors (Lipinski definition) is 1. The fourth-order valence-electron chi connectivity index (χ4n) is 1.72. The third-order valence-electron chi connectivity index (χ3n) is 2.52. The van der Waals surface area contributed by atoms with Gasteiger partial charge in [0.15, 0.2) is 0 Å². The summed E-state index contributed by atoms with van der Waals surface area (Å²) in [5.74, 6) is 0.182. The van der Waals surface area contributed by atoms with Gasteiger partial charge in [-0.3, -0.25) is 4.79 Å². The molecular formula is C10H10BrNO. The van der Waals surface area contributed by atoms with E-state index in [0.29, 0.717) is 0 Å². The molecule has 0 aromatic heterocycles. The molecule has 0 N–H and O–H groups in total. The number of benzene rings is 1. The first-order valence-corrected chi connectivity index (χ1v) is 4.97. The van der Waals surface area contributed by atoms with Gasteiger partial charge < -0.3 is 4.90 Å². The number of hydrogen-bond donors (Lipinski definition) is 0. The summed E-state index contributed by atoms with van der Waals surface area (Å²) in [5.41, 5.74) is 2.14. The smallest absolute Gasteiger partial charge is 0.234 e. The standard InChI is InChI=1S/C10H10BrNO/c1-6-8-4-3-7(11)5-9(8)12(2)10(6)13/h3-6H,1-2H3/t6-/m0/s1. The molecule has 2 rings (SSSR count). The van der Waals surface area contributed by atoms with E-state index in [4.69, 9.17) is 0 Å². The van der Waals surface area contributed by atoms with E-state index in [1.165, 1.54) is 0 Å². The minimum Gasteiger partial charge on any atom is -0.315 e. The van der Waals surface area contributed by atoms with Crippen LogP contribution in [0.15, 0.2) is 22.7 Å². The average Bonchev–Trinajstić information content (AvgIpc) is 2.32. The zero-order chi connectivity index (χ0) is 9.59. The third-order valence-corrected chi connectivity index (χ3v) is 3.01. The van der Waals surface area contributed by atoms with Crippen molar-refractivity contribution in [1.82, 2.24) is 0 Å².